The van der Waals surface area contributed by atoms with E-state index in [9.17, 15) is 10.2 Å². The molecule has 2 aromatic rings. The second kappa shape index (κ2) is 8.87. The van der Waals surface area contributed by atoms with Crippen LogP contribution in [0.1, 0.15) is 19.3 Å². The first-order valence-corrected chi connectivity index (χ1v) is 11.3. The Morgan fingerprint density at radius 1 is 1.30 bits per heavy atom. The van der Waals surface area contributed by atoms with Crippen LogP contribution < -0.4 is 4.90 Å². The lowest BCUT2D eigenvalue weighted by Gasteiger charge is -2.43. The molecule has 2 fully saturated rings. The van der Waals surface area contributed by atoms with Gasteiger partial charge in [-0.2, -0.15) is 0 Å². The van der Waals surface area contributed by atoms with Gasteiger partial charge in [-0.15, -0.1) is 0 Å². The maximum absolute atomic E-state index is 10.2. The molecule has 6 nitrogen and oxygen atoms in total. The molecular formula is C19H26IN3O3S. The van der Waals surface area contributed by atoms with Crippen LogP contribution in [0.2, 0.25) is 0 Å². The van der Waals surface area contributed by atoms with E-state index in [2.05, 4.69) is 28.0 Å². The van der Waals surface area contributed by atoms with Gasteiger partial charge in [0.25, 0.3) is 0 Å². The van der Waals surface area contributed by atoms with Gasteiger partial charge in [0.2, 0.25) is 0 Å². The quantitative estimate of drug-likeness (QED) is 0.612. The fraction of sp³-hybridized carbons (Fsp3) is 0.632. The lowest BCUT2D eigenvalue weighted by Crippen LogP contribution is -2.56. The fourth-order valence-corrected chi connectivity index (χ4v) is 5.80. The Bertz CT molecular complexity index is 728. The molecule has 27 heavy (non-hydrogen) atoms. The summed E-state index contributed by atoms with van der Waals surface area (Å²) in [7, 11) is 0. The highest BCUT2D eigenvalue weighted by Gasteiger charge is 2.36. The Kier molecular flexibility index (Phi) is 6.50. The normalized spacial score (nSPS) is 30.1. The van der Waals surface area contributed by atoms with Crippen molar-refractivity contribution in [1.82, 2.24) is 9.88 Å². The highest BCUT2D eigenvalue weighted by atomic mass is 127. The van der Waals surface area contributed by atoms with Gasteiger partial charge >= 0.3 is 0 Å². The van der Waals surface area contributed by atoms with Crippen molar-refractivity contribution in [3.05, 3.63) is 24.3 Å². The molecule has 0 saturated carbocycles. The molecule has 0 bridgehead atoms. The predicted octanol–water partition coefficient (Wildman–Crippen LogP) is 2.68. The van der Waals surface area contributed by atoms with E-state index in [1.54, 1.807) is 11.3 Å². The average Bonchev–Trinajstić information content (AvgIpc) is 3.13. The van der Waals surface area contributed by atoms with Crippen LogP contribution in [0, 0.1) is 5.92 Å². The molecule has 2 N–H and O–H groups in total. The molecule has 0 aliphatic carbocycles. The van der Waals surface area contributed by atoms with Crippen LogP contribution in [-0.4, -0.2) is 71.1 Å². The molecule has 1 aromatic heterocycles. The van der Waals surface area contributed by atoms with Crippen LogP contribution in [0.5, 0.6) is 0 Å². The molecule has 2 aliphatic heterocycles. The molecule has 0 radical (unpaired) electrons. The summed E-state index contributed by atoms with van der Waals surface area (Å²) in [5.74, 6) is 0.532. The summed E-state index contributed by atoms with van der Waals surface area (Å²) in [6.45, 7) is 3.73. The summed E-state index contributed by atoms with van der Waals surface area (Å²) in [5, 5.41) is 21.0. The molecule has 4 rings (SSSR count). The third-order valence-corrected chi connectivity index (χ3v) is 7.51. The molecule has 148 valence electrons. The molecule has 0 amide bonds. The van der Waals surface area contributed by atoms with E-state index < -0.39 is 6.10 Å². The summed E-state index contributed by atoms with van der Waals surface area (Å²) in [5.41, 5.74) is 1.08. The van der Waals surface area contributed by atoms with Gasteiger partial charge in [0.1, 0.15) is 29.1 Å². The number of rotatable bonds is 5. The number of thiazole rings is 1. The van der Waals surface area contributed by atoms with Crippen LogP contribution in [0.3, 0.4) is 0 Å². The van der Waals surface area contributed by atoms with Gasteiger partial charge in [-0.25, -0.2) is 4.98 Å². The van der Waals surface area contributed by atoms with Crippen LogP contribution >= 0.6 is 34.3 Å². The van der Waals surface area contributed by atoms with Crippen molar-refractivity contribution in [3.8, 4) is 0 Å². The van der Waals surface area contributed by atoms with Crippen LogP contribution in [0.25, 0.3) is 10.2 Å². The van der Waals surface area contributed by atoms with Crippen molar-refractivity contribution in [3.63, 3.8) is 0 Å². The van der Waals surface area contributed by atoms with Gasteiger partial charge in [0.15, 0.2) is 5.13 Å². The van der Waals surface area contributed by atoms with Gasteiger partial charge in [-0.1, -0.05) is 23.5 Å². The standard InChI is InChI=1S/C19H26IN3O3S/c20-26-17-11-23(14(12-24)8-16(17)25)10-13-4-3-7-22(9-13)19-21-15-5-1-2-6-18(15)27-19/h1-2,5-6,13-14,16-17,24-25H,3-4,7-12H2/t13-,14+,16-,17-/m0/s1. The summed E-state index contributed by atoms with van der Waals surface area (Å²) < 4.78 is 6.66. The van der Waals surface area contributed by atoms with E-state index in [0.717, 1.165) is 36.7 Å². The predicted molar refractivity (Wildman–Crippen MR) is 117 cm³/mol. The molecule has 1 aromatic carbocycles. The zero-order valence-corrected chi connectivity index (χ0v) is 18.2. The molecule has 8 heteroatoms. The molecule has 2 aliphatic rings. The molecule has 0 unspecified atom stereocenters. The minimum atomic E-state index is -0.499. The van der Waals surface area contributed by atoms with Gasteiger partial charge in [0.05, 0.1) is 22.9 Å². The van der Waals surface area contributed by atoms with Crippen molar-refractivity contribution in [1.29, 1.82) is 0 Å². The monoisotopic (exact) mass is 503 g/mol. The van der Waals surface area contributed by atoms with Crippen LogP contribution in [0.4, 0.5) is 5.13 Å². The number of likely N-dealkylation sites (tertiary alicyclic amines) is 1. The Balaban J connectivity index is 1.43. The van der Waals surface area contributed by atoms with Crippen LogP contribution in [-0.2, 0) is 3.07 Å². The van der Waals surface area contributed by atoms with E-state index in [1.807, 2.05) is 29.1 Å². The average molecular weight is 503 g/mol. The van der Waals surface area contributed by atoms with Crippen molar-refractivity contribution < 1.29 is 13.3 Å². The molecular weight excluding hydrogens is 477 g/mol. The molecule has 0 spiro atoms. The SMILES string of the molecule is OC[C@H]1C[C@H](O)[C@@H](OI)CN1C[C@H]1CCCN(c2nc3ccccc3s2)C1. The van der Waals surface area contributed by atoms with E-state index in [-0.39, 0.29) is 18.8 Å². The highest BCUT2D eigenvalue weighted by Crippen LogP contribution is 2.32. The Labute approximate surface area is 177 Å². The maximum atomic E-state index is 10.2. The summed E-state index contributed by atoms with van der Waals surface area (Å²) in [4.78, 5) is 9.54. The number of hydrogen-bond acceptors (Lipinski definition) is 7. The minimum absolute atomic E-state index is 0.0145. The number of benzene rings is 1. The Morgan fingerprint density at radius 3 is 2.93 bits per heavy atom. The van der Waals surface area contributed by atoms with E-state index in [4.69, 9.17) is 8.05 Å². The van der Waals surface area contributed by atoms with Crippen molar-refractivity contribution >= 4 is 49.7 Å². The number of aliphatic hydroxyl groups is 2. The highest BCUT2D eigenvalue weighted by molar-refractivity contribution is 14.1. The number of fused-ring (bicyclic) bond motifs is 1. The lowest BCUT2D eigenvalue weighted by atomic mass is 9.93. The zero-order chi connectivity index (χ0) is 18.8. The van der Waals surface area contributed by atoms with Crippen molar-refractivity contribution in [2.45, 2.75) is 37.5 Å². The first-order valence-electron chi connectivity index (χ1n) is 9.59. The van der Waals surface area contributed by atoms with E-state index >= 15 is 0 Å². The van der Waals surface area contributed by atoms with Gasteiger partial charge in [0, 0.05) is 32.2 Å². The first-order chi connectivity index (χ1) is 13.2. The van der Waals surface area contributed by atoms with Crippen molar-refractivity contribution in [2.75, 3.05) is 37.7 Å². The number of hydrogen-bond donors (Lipinski definition) is 2. The number of nitrogens with zero attached hydrogens (tertiary/aromatic N) is 3. The number of halogens is 1. The molecule has 4 atom stereocenters. The van der Waals surface area contributed by atoms with Gasteiger partial charge in [-0.05, 0) is 37.3 Å². The third kappa shape index (κ3) is 4.40. The number of piperidine rings is 2. The molecule has 2 saturated heterocycles. The maximum Gasteiger partial charge on any atom is 0.186 e. The van der Waals surface area contributed by atoms with Crippen molar-refractivity contribution in [2.24, 2.45) is 5.92 Å². The van der Waals surface area contributed by atoms with E-state index in [0.29, 0.717) is 18.9 Å². The minimum Gasteiger partial charge on any atom is -0.395 e. The number of aromatic nitrogens is 1. The van der Waals surface area contributed by atoms with E-state index in [1.165, 1.54) is 11.1 Å². The third-order valence-electron chi connectivity index (χ3n) is 5.76. The van der Waals surface area contributed by atoms with Crippen LogP contribution in [0.15, 0.2) is 24.3 Å². The Morgan fingerprint density at radius 2 is 2.15 bits per heavy atom. The fourth-order valence-electron chi connectivity index (χ4n) is 4.30. The Hall–Kier alpha value is -0.520. The van der Waals surface area contributed by atoms with Gasteiger partial charge in [-0.3, -0.25) is 4.90 Å². The second-order valence-corrected chi connectivity index (χ2v) is 9.16. The summed E-state index contributed by atoms with van der Waals surface area (Å²) in [6, 6.07) is 8.32. The summed E-state index contributed by atoms with van der Waals surface area (Å²) >= 11 is 3.64. The number of para-hydroxylation sites is 1. The zero-order valence-electron chi connectivity index (χ0n) is 15.2. The molecule has 3 heterocycles. The number of aliphatic hydroxyl groups excluding tert-OH is 2. The smallest absolute Gasteiger partial charge is 0.186 e. The number of anilines is 1. The largest absolute Gasteiger partial charge is 0.395 e. The summed E-state index contributed by atoms with van der Waals surface area (Å²) in [6.07, 6.45) is 2.23. The van der Waals surface area contributed by atoms with Gasteiger partial charge < -0.3 is 18.2 Å². The first kappa shape index (κ1) is 19.8. The second-order valence-electron chi connectivity index (χ2n) is 7.64. The topological polar surface area (TPSA) is 69.1 Å². The lowest BCUT2D eigenvalue weighted by molar-refractivity contribution is -0.0508.